The quantitative estimate of drug-likeness (QED) is 0.312. The van der Waals surface area contributed by atoms with Crippen molar-refractivity contribution in [1.29, 1.82) is 0 Å². The van der Waals surface area contributed by atoms with E-state index in [1.54, 1.807) is 30.0 Å². The number of nitrogens with one attached hydrogen (secondary N) is 1. The van der Waals surface area contributed by atoms with Crippen LogP contribution in [0.3, 0.4) is 0 Å². The predicted molar refractivity (Wildman–Crippen MR) is 129 cm³/mol. The molecule has 1 aromatic carbocycles. The second-order valence-corrected chi connectivity index (χ2v) is 9.22. The van der Waals surface area contributed by atoms with Gasteiger partial charge in [0.1, 0.15) is 6.04 Å². The third-order valence-corrected chi connectivity index (χ3v) is 6.30. The van der Waals surface area contributed by atoms with E-state index < -0.39 is 12.0 Å². The lowest BCUT2D eigenvalue weighted by molar-refractivity contribution is -0.138. The Labute approximate surface area is 187 Å². The molecule has 1 rings (SSSR count). The number of hydrogen-bond acceptors (Lipinski definition) is 4. The SMILES string of the molecule is CCCCCCCCCCCCSCC(NC(=O)c1cccc(N(C)C)c1)C(=O)O. The van der Waals surface area contributed by atoms with Gasteiger partial charge in [0.2, 0.25) is 0 Å². The zero-order valence-corrected chi connectivity index (χ0v) is 19.8. The Morgan fingerprint density at radius 2 is 1.60 bits per heavy atom. The Bertz CT molecular complexity index is 622. The monoisotopic (exact) mass is 436 g/mol. The fourth-order valence-corrected chi connectivity index (χ4v) is 4.27. The molecule has 5 nitrogen and oxygen atoms in total. The fourth-order valence-electron chi connectivity index (χ4n) is 3.23. The van der Waals surface area contributed by atoms with E-state index >= 15 is 0 Å². The van der Waals surface area contributed by atoms with Crippen molar-refractivity contribution in [3.8, 4) is 0 Å². The van der Waals surface area contributed by atoms with Crippen molar-refractivity contribution in [1.82, 2.24) is 5.32 Å². The highest BCUT2D eigenvalue weighted by molar-refractivity contribution is 7.99. The van der Waals surface area contributed by atoms with Gasteiger partial charge in [-0.15, -0.1) is 0 Å². The summed E-state index contributed by atoms with van der Waals surface area (Å²) in [4.78, 5) is 25.9. The van der Waals surface area contributed by atoms with Gasteiger partial charge in [-0.3, -0.25) is 4.79 Å². The summed E-state index contributed by atoms with van der Waals surface area (Å²) in [5.74, 6) is 0.00586. The molecule has 0 fully saturated rings. The van der Waals surface area contributed by atoms with Crippen LogP contribution in [0.15, 0.2) is 24.3 Å². The standard InChI is InChI=1S/C24H40N2O3S/c1-4-5-6-7-8-9-10-11-12-13-17-30-19-22(24(28)29)25-23(27)20-15-14-16-21(18-20)26(2)3/h14-16,18,22H,4-13,17,19H2,1-3H3,(H,25,27)(H,28,29). The second kappa shape index (κ2) is 16.1. The first-order chi connectivity index (χ1) is 14.5. The van der Waals surface area contributed by atoms with Crippen LogP contribution in [0.1, 0.15) is 81.5 Å². The normalized spacial score (nSPS) is 11.8. The third kappa shape index (κ3) is 11.5. The molecule has 0 aliphatic heterocycles. The number of aliphatic carboxylic acids is 1. The van der Waals surface area contributed by atoms with Gasteiger partial charge in [0.05, 0.1) is 0 Å². The minimum absolute atomic E-state index is 0.342. The van der Waals surface area contributed by atoms with Gasteiger partial charge in [-0.2, -0.15) is 11.8 Å². The maximum absolute atomic E-state index is 12.5. The van der Waals surface area contributed by atoms with Gasteiger partial charge in [-0.1, -0.05) is 70.8 Å². The molecule has 0 bridgehead atoms. The van der Waals surface area contributed by atoms with Crippen molar-refractivity contribution in [2.24, 2.45) is 0 Å². The smallest absolute Gasteiger partial charge is 0.327 e. The summed E-state index contributed by atoms with van der Waals surface area (Å²) in [6, 6.07) is 6.32. The number of carboxylic acids is 1. The number of benzene rings is 1. The molecule has 2 N–H and O–H groups in total. The Morgan fingerprint density at radius 3 is 2.17 bits per heavy atom. The number of anilines is 1. The Kier molecular flexibility index (Phi) is 14.1. The molecule has 0 radical (unpaired) electrons. The van der Waals surface area contributed by atoms with Crippen LogP contribution in [0.2, 0.25) is 0 Å². The first kappa shape index (κ1) is 26.3. The van der Waals surface area contributed by atoms with Crippen molar-refractivity contribution in [2.75, 3.05) is 30.5 Å². The van der Waals surface area contributed by atoms with Gasteiger partial charge in [0.15, 0.2) is 0 Å². The molecule has 0 aliphatic carbocycles. The van der Waals surface area contributed by atoms with E-state index in [1.807, 2.05) is 25.1 Å². The van der Waals surface area contributed by atoms with Gasteiger partial charge in [-0.25, -0.2) is 4.79 Å². The van der Waals surface area contributed by atoms with Crippen LogP contribution in [-0.4, -0.2) is 48.6 Å². The number of hydrogen-bond donors (Lipinski definition) is 2. The molecular formula is C24H40N2O3S. The molecule has 30 heavy (non-hydrogen) atoms. The highest BCUT2D eigenvalue weighted by Crippen LogP contribution is 2.15. The molecule has 0 aromatic heterocycles. The lowest BCUT2D eigenvalue weighted by Gasteiger charge is -2.16. The van der Waals surface area contributed by atoms with E-state index in [1.165, 1.54) is 57.8 Å². The molecule has 0 saturated heterocycles. The molecule has 0 aliphatic rings. The number of amides is 1. The van der Waals surface area contributed by atoms with Gasteiger partial charge in [-0.05, 0) is 30.4 Å². The highest BCUT2D eigenvalue weighted by Gasteiger charge is 2.20. The largest absolute Gasteiger partial charge is 0.480 e. The van der Waals surface area contributed by atoms with Crippen LogP contribution in [-0.2, 0) is 4.79 Å². The zero-order chi connectivity index (χ0) is 22.2. The van der Waals surface area contributed by atoms with E-state index in [-0.39, 0.29) is 5.91 Å². The maximum Gasteiger partial charge on any atom is 0.327 e. The molecule has 6 heteroatoms. The molecule has 1 unspecified atom stereocenters. The van der Waals surface area contributed by atoms with E-state index in [0.717, 1.165) is 17.9 Å². The fraction of sp³-hybridized carbons (Fsp3) is 0.667. The zero-order valence-electron chi connectivity index (χ0n) is 19.0. The Hall–Kier alpha value is -1.69. The summed E-state index contributed by atoms with van der Waals surface area (Å²) in [6.45, 7) is 2.24. The molecule has 1 amide bonds. The minimum atomic E-state index is -0.984. The van der Waals surface area contributed by atoms with Crippen molar-refractivity contribution in [3.63, 3.8) is 0 Å². The van der Waals surface area contributed by atoms with Crippen molar-refractivity contribution < 1.29 is 14.7 Å². The first-order valence-electron chi connectivity index (χ1n) is 11.3. The molecule has 1 aromatic rings. The summed E-state index contributed by atoms with van der Waals surface area (Å²) in [5.41, 5.74) is 1.39. The Balaban J connectivity index is 2.21. The number of carbonyl (C=O) groups excluding carboxylic acids is 1. The van der Waals surface area contributed by atoms with Crippen molar-refractivity contribution >= 4 is 29.3 Å². The molecule has 1 atom stereocenters. The number of thioether (sulfide) groups is 1. The molecule has 0 saturated carbocycles. The summed E-state index contributed by atoms with van der Waals surface area (Å²) in [7, 11) is 3.81. The van der Waals surface area contributed by atoms with E-state index in [9.17, 15) is 14.7 Å². The van der Waals surface area contributed by atoms with Crippen LogP contribution in [0, 0.1) is 0 Å². The third-order valence-electron chi connectivity index (χ3n) is 5.15. The Morgan fingerprint density at radius 1 is 1.00 bits per heavy atom. The first-order valence-corrected chi connectivity index (χ1v) is 12.5. The summed E-state index contributed by atoms with van der Waals surface area (Å²) in [6.07, 6.45) is 12.9. The van der Waals surface area contributed by atoms with Crippen LogP contribution in [0.5, 0.6) is 0 Å². The predicted octanol–water partition coefficient (Wildman–Crippen LogP) is 5.59. The molecule has 0 spiro atoms. The summed E-state index contributed by atoms with van der Waals surface area (Å²) < 4.78 is 0. The number of rotatable bonds is 17. The van der Waals surface area contributed by atoms with Gasteiger partial charge < -0.3 is 15.3 Å². The number of unbranched alkanes of at least 4 members (excludes halogenated alkanes) is 9. The maximum atomic E-state index is 12.5. The average molecular weight is 437 g/mol. The number of carbonyl (C=O) groups is 2. The van der Waals surface area contributed by atoms with E-state index in [0.29, 0.717) is 11.3 Å². The number of carboxylic acid groups (broad SMARTS) is 1. The van der Waals surface area contributed by atoms with Crippen LogP contribution in [0.25, 0.3) is 0 Å². The van der Waals surface area contributed by atoms with E-state index in [4.69, 9.17) is 0 Å². The highest BCUT2D eigenvalue weighted by atomic mass is 32.2. The van der Waals surface area contributed by atoms with Crippen LogP contribution >= 0.6 is 11.8 Å². The lowest BCUT2D eigenvalue weighted by atomic mass is 10.1. The minimum Gasteiger partial charge on any atom is -0.480 e. The lowest BCUT2D eigenvalue weighted by Crippen LogP contribution is -2.42. The molecule has 170 valence electrons. The second-order valence-electron chi connectivity index (χ2n) is 8.07. The molecule has 0 heterocycles. The molecular weight excluding hydrogens is 396 g/mol. The average Bonchev–Trinajstić information content (AvgIpc) is 2.73. The van der Waals surface area contributed by atoms with Gasteiger partial charge in [0.25, 0.3) is 5.91 Å². The van der Waals surface area contributed by atoms with Gasteiger partial charge >= 0.3 is 5.97 Å². The summed E-state index contributed by atoms with van der Waals surface area (Å²) in [5, 5.41) is 12.1. The van der Waals surface area contributed by atoms with E-state index in [2.05, 4.69) is 12.2 Å². The summed E-state index contributed by atoms with van der Waals surface area (Å²) >= 11 is 1.61. The van der Waals surface area contributed by atoms with Crippen molar-refractivity contribution in [3.05, 3.63) is 29.8 Å². The van der Waals surface area contributed by atoms with Crippen LogP contribution < -0.4 is 10.2 Å². The van der Waals surface area contributed by atoms with Gasteiger partial charge in [0, 0.05) is 31.1 Å². The number of nitrogens with zero attached hydrogens (tertiary/aromatic N) is 1. The topological polar surface area (TPSA) is 69.6 Å². The van der Waals surface area contributed by atoms with Crippen molar-refractivity contribution in [2.45, 2.75) is 77.2 Å². The van der Waals surface area contributed by atoms with Crippen LogP contribution in [0.4, 0.5) is 5.69 Å².